The summed E-state index contributed by atoms with van der Waals surface area (Å²) < 4.78 is 16.4. The number of methoxy groups -OCH3 is 1. The highest BCUT2D eigenvalue weighted by molar-refractivity contribution is 5.99. The topological polar surface area (TPSA) is 44.8 Å². The van der Waals surface area contributed by atoms with Gasteiger partial charge in [-0.2, -0.15) is 0 Å². The van der Waals surface area contributed by atoms with Crippen LogP contribution in [-0.2, 0) is 9.53 Å². The van der Waals surface area contributed by atoms with Crippen molar-refractivity contribution in [2.75, 3.05) is 13.7 Å². The van der Waals surface area contributed by atoms with Gasteiger partial charge in [0.05, 0.1) is 13.7 Å². The number of hydrogen-bond acceptors (Lipinski definition) is 4. The van der Waals surface area contributed by atoms with Crippen LogP contribution in [0.15, 0.2) is 72.3 Å². The minimum atomic E-state index is -0.428. The average molecular weight is 338 g/mol. The van der Waals surface area contributed by atoms with Crippen molar-refractivity contribution in [3.8, 4) is 11.5 Å². The Morgan fingerprint density at radius 3 is 2.24 bits per heavy atom. The third-order valence-electron chi connectivity index (χ3n) is 3.39. The Hall–Kier alpha value is -3.01. The van der Waals surface area contributed by atoms with Crippen molar-refractivity contribution in [1.82, 2.24) is 0 Å². The molecule has 2 aromatic carbocycles. The summed E-state index contributed by atoms with van der Waals surface area (Å²) in [7, 11) is 1.61. The van der Waals surface area contributed by atoms with Crippen molar-refractivity contribution >= 4 is 11.7 Å². The molecule has 0 saturated carbocycles. The van der Waals surface area contributed by atoms with E-state index in [0.717, 1.165) is 11.3 Å². The van der Waals surface area contributed by atoms with E-state index in [9.17, 15) is 4.79 Å². The first-order chi connectivity index (χ1) is 12.2. The van der Waals surface area contributed by atoms with Crippen molar-refractivity contribution in [3.05, 3.63) is 77.9 Å². The first kappa shape index (κ1) is 18.3. The third kappa shape index (κ3) is 4.98. The standard InChI is InChI=1S/C21H22O4/c1-4-9-19(21(22)24-5-2)20(25-18-10-7-6-8-11-18)16-12-14-17(23-3)15-13-16/h4,6-15H,5H2,1-3H3/b9-4-,20-19+. The molecule has 2 rings (SSSR count). The predicted molar refractivity (Wildman–Crippen MR) is 98.4 cm³/mol. The molecule has 0 bridgehead atoms. The van der Waals surface area contributed by atoms with Crippen LogP contribution in [0.4, 0.5) is 0 Å². The summed E-state index contributed by atoms with van der Waals surface area (Å²) in [4.78, 5) is 12.4. The maximum Gasteiger partial charge on any atom is 0.341 e. The number of carbonyl (C=O) groups excluding carboxylic acids is 1. The Morgan fingerprint density at radius 2 is 1.68 bits per heavy atom. The predicted octanol–water partition coefficient (Wildman–Crippen LogP) is 4.62. The number of hydrogen-bond donors (Lipinski definition) is 0. The second-order valence-corrected chi connectivity index (χ2v) is 5.11. The molecular formula is C21H22O4. The molecule has 0 spiro atoms. The van der Waals surface area contributed by atoms with E-state index in [4.69, 9.17) is 14.2 Å². The summed E-state index contributed by atoms with van der Waals surface area (Å²) >= 11 is 0. The Labute approximate surface area is 148 Å². The van der Waals surface area contributed by atoms with Crippen LogP contribution >= 0.6 is 0 Å². The van der Waals surface area contributed by atoms with Crippen LogP contribution in [0, 0.1) is 0 Å². The van der Waals surface area contributed by atoms with Crippen LogP contribution in [-0.4, -0.2) is 19.7 Å². The third-order valence-corrected chi connectivity index (χ3v) is 3.39. The van der Waals surface area contributed by atoms with Gasteiger partial charge in [-0.1, -0.05) is 24.3 Å². The fourth-order valence-electron chi connectivity index (χ4n) is 2.23. The molecule has 2 aromatic rings. The van der Waals surface area contributed by atoms with Crippen LogP contribution < -0.4 is 9.47 Å². The van der Waals surface area contributed by atoms with Gasteiger partial charge in [0.15, 0.2) is 0 Å². The highest BCUT2D eigenvalue weighted by atomic mass is 16.5. The second kappa shape index (κ2) is 9.33. The fraction of sp³-hybridized carbons (Fsp3) is 0.190. The number of allylic oxidation sites excluding steroid dienone is 1. The number of carbonyl (C=O) groups is 1. The molecule has 4 heteroatoms. The number of para-hydroxylation sites is 1. The minimum Gasteiger partial charge on any atom is -0.497 e. The molecule has 0 heterocycles. The van der Waals surface area contributed by atoms with E-state index >= 15 is 0 Å². The van der Waals surface area contributed by atoms with Crippen LogP contribution in [0.25, 0.3) is 5.76 Å². The number of benzene rings is 2. The highest BCUT2D eigenvalue weighted by Crippen LogP contribution is 2.27. The van der Waals surface area contributed by atoms with Crippen molar-refractivity contribution < 1.29 is 19.0 Å². The first-order valence-corrected chi connectivity index (χ1v) is 8.11. The maximum absolute atomic E-state index is 12.4. The summed E-state index contributed by atoms with van der Waals surface area (Å²) in [5.74, 6) is 1.37. The van der Waals surface area contributed by atoms with E-state index in [1.807, 2.05) is 61.5 Å². The molecule has 0 radical (unpaired) electrons. The summed E-state index contributed by atoms with van der Waals surface area (Å²) in [6, 6.07) is 16.7. The average Bonchev–Trinajstić information content (AvgIpc) is 2.65. The molecular weight excluding hydrogens is 316 g/mol. The van der Waals surface area contributed by atoms with Gasteiger partial charge in [-0.3, -0.25) is 0 Å². The SMILES string of the molecule is C/C=C\C(C(=O)OCC)=C(/Oc1ccccc1)c1ccc(OC)cc1. The van der Waals surface area contributed by atoms with Gasteiger partial charge < -0.3 is 14.2 Å². The highest BCUT2D eigenvalue weighted by Gasteiger charge is 2.18. The smallest absolute Gasteiger partial charge is 0.341 e. The van der Waals surface area contributed by atoms with E-state index in [1.54, 1.807) is 26.2 Å². The fourth-order valence-corrected chi connectivity index (χ4v) is 2.23. The van der Waals surface area contributed by atoms with Crippen molar-refractivity contribution in [1.29, 1.82) is 0 Å². The lowest BCUT2D eigenvalue weighted by atomic mass is 10.1. The molecule has 0 atom stereocenters. The zero-order valence-corrected chi connectivity index (χ0v) is 14.7. The van der Waals surface area contributed by atoms with Crippen molar-refractivity contribution in [2.45, 2.75) is 13.8 Å². The van der Waals surface area contributed by atoms with Gasteiger partial charge in [0.25, 0.3) is 0 Å². The number of ether oxygens (including phenoxy) is 3. The number of rotatable bonds is 7. The van der Waals surface area contributed by atoms with E-state index in [0.29, 0.717) is 23.7 Å². The summed E-state index contributed by atoms with van der Waals surface area (Å²) in [5.41, 5.74) is 1.11. The molecule has 0 fully saturated rings. The molecule has 0 unspecified atom stereocenters. The normalized spacial score (nSPS) is 11.8. The lowest BCUT2D eigenvalue weighted by Crippen LogP contribution is -2.11. The van der Waals surface area contributed by atoms with Crippen LogP contribution in [0.3, 0.4) is 0 Å². The maximum atomic E-state index is 12.4. The molecule has 0 aliphatic carbocycles. The molecule has 0 aliphatic rings. The molecule has 0 amide bonds. The van der Waals surface area contributed by atoms with E-state index in [-0.39, 0.29) is 0 Å². The van der Waals surface area contributed by atoms with E-state index in [2.05, 4.69) is 0 Å². The lowest BCUT2D eigenvalue weighted by molar-refractivity contribution is -0.138. The molecule has 0 aromatic heterocycles. The Balaban J connectivity index is 2.55. The zero-order valence-electron chi connectivity index (χ0n) is 14.7. The summed E-state index contributed by atoms with van der Waals surface area (Å²) in [6.07, 6.45) is 3.48. The van der Waals surface area contributed by atoms with Gasteiger partial charge >= 0.3 is 5.97 Å². The van der Waals surface area contributed by atoms with E-state index in [1.165, 1.54) is 0 Å². The first-order valence-electron chi connectivity index (χ1n) is 8.11. The molecule has 130 valence electrons. The Bertz CT molecular complexity index is 743. The Kier molecular flexibility index (Phi) is 6.84. The summed E-state index contributed by atoms with van der Waals surface area (Å²) in [5, 5.41) is 0. The largest absolute Gasteiger partial charge is 0.497 e. The molecule has 0 N–H and O–H groups in total. The van der Waals surface area contributed by atoms with Crippen LogP contribution in [0.1, 0.15) is 19.4 Å². The van der Waals surface area contributed by atoms with Crippen LogP contribution in [0.5, 0.6) is 11.5 Å². The summed E-state index contributed by atoms with van der Waals surface area (Å²) in [6.45, 7) is 3.91. The van der Waals surface area contributed by atoms with Gasteiger partial charge in [-0.15, -0.1) is 0 Å². The van der Waals surface area contributed by atoms with E-state index < -0.39 is 5.97 Å². The van der Waals surface area contributed by atoms with Gasteiger partial charge in [-0.25, -0.2) is 4.79 Å². The second-order valence-electron chi connectivity index (χ2n) is 5.11. The monoisotopic (exact) mass is 338 g/mol. The minimum absolute atomic E-state index is 0.293. The van der Waals surface area contributed by atoms with Crippen molar-refractivity contribution in [3.63, 3.8) is 0 Å². The van der Waals surface area contributed by atoms with Gasteiger partial charge in [0.1, 0.15) is 22.8 Å². The van der Waals surface area contributed by atoms with Crippen LogP contribution in [0.2, 0.25) is 0 Å². The number of esters is 1. The van der Waals surface area contributed by atoms with Gasteiger partial charge in [-0.05, 0) is 56.3 Å². The van der Waals surface area contributed by atoms with Gasteiger partial charge in [0.2, 0.25) is 0 Å². The van der Waals surface area contributed by atoms with Crippen molar-refractivity contribution in [2.24, 2.45) is 0 Å². The molecule has 0 saturated heterocycles. The van der Waals surface area contributed by atoms with Gasteiger partial charge in [0, 0.05) is 5.56 Å². The zero-order chi connectivity index (χ0) is 18.1. The lowest BCUT2D eigenvalue weighted by Gasteiger charge is -2.14. The molecule has 0 aliphatic heterocycles. The Morgan fingerprint density at radius 1 is 1.00 bits per heavy atom. The molecule has 4 nitrogen and oxygen atoms in total. The quantitative estimate of drug-likeness (QED) is 0.320. The molecule has 25 heavy (non-hydrogen) atoms.